The highest BCUT2D eigenvalue weighted by Gasteiger charge is 2.33. The summed E-state index contributed by atoms with van der Waals surface area (Å²) in [6, 6.07) is 0. The minimum absolute atomic E-state index is 0.175. The Morgan fingerprint density at radius 3 is 2.77 bits per heavy atom. The van der Waals surface area contributed by atoms with Gasteiger partial charge in [-0.2, -0.15) is 0 Å². The van der Waals surface area contributed by atoms with Crippen molar-refractivity contribution >= 4 is 43.4 Å². The van der Waals surface area contributed by atoms with Crippen LogP contribution < -0.4 is 9.80 Å². The van der Waals surface area contributed by atoms with Crippen LogP contribution >= 0.6 is 11.3 Å². The summed E-state index contributed by atoms with van der Waals surface area (Å²) in [6.45, 7) is 10.4. The van der Waals surface area contributed by atoms with Crippen molar-refractivity contribution in [2.45, 2.75) is 65.1 Å². The molecule has 0 amide bonds. The zero-order valence-corrected chi connectivity index (χ0v) is 19.3. The van der Waals surface area contributed by atoms with Gasteiger partial charge in [-0.3, -0.25) is 0 Å². The molecule has 2 aliphatic rings. The van der Waals surface area contributed by atoms with Crippen molar-refractivity contribution in [3.05, 3.63) is 17.5 Å². The monoisotopic (exact) mass is 425 g/mol. The maximum atomic E-state index is 6.23. The van der Waals surface area contributed by atoms with Gasteiger partial charge in [0.1, 0.15) is 22.8 Å². The van der Waals surface area contributed by atoms with E-state index in [0.29, 0.717) is 6.61 Å². The van der Waals surface area contributed by atoms with Crippen molar-refractivity contribution in [1.82, 2.24) is 15.0 Å². The van der Waals surface area contributed by atoms with Crippen molar-refractivity contribution in [3.63, 3.8) is 0 Å². The van der Waals surface area contributed by atoms with Crippen LogP contribution in [0.3, 0.4) is 0 Å². The fourth-order valence-corrected chi connectivity index (χ4v) is 5.94. The summed E-state index contributed by atoms with van der Waals surface area (Å²) in [5, 5.41) is 1.22. The maximum absolute atomic E-state index is 6.23. The lowest BCUT2D eigenvalue weighted by Gasteiger charge is -2.34. The van der Waals surface area contributed by atoms with Gasteiger partial charge < -0.3 is 14.5 Å². The molecule has 0 atom stereocenters. The Hall–Kier alpha value is -1.99. The van der Waals surface area contributed by atoms with Gasteiger partial charge in [0.25, 0.3) is 0 Å². The minimum Gasteiger partial charge on any atom is -0.370 e. The molecular weight excluding hydrogens is 394 g/mol. The van der Waals surface area contributed by atoms with Gasteiger partial charge in [-0.25, -0.2) is 15.0 Å². The first kappa shape index (κ1) is 19.9. The normalized spacial score (nSPS) is 18.3. The number of fused-ring (bicyclic) bond motifs is 5. The molecule has 3 aromatic rings. The van der Waals surface area contributed by atoms with Gasteiger partial charge in [-0.1, -0.05) is 13.3 Å². The van der Waals surface area contributed by atoms with Crippen molar-refractivity contribution in [3.8, 4) is 0 Å². The Bertz CT molecular complexity index is 1090. The summed E-state index contributed by atoms with van der Waals surface area (Å²) >= 11 is 1.75. The second-order valence-electron chi connectivity index (χ2n) is 9.24. The standard InChI is InChI=1S/C23H31N5OS/c1-5-6-9-27(4)21-19-18(24-14-25-21)17-15-12-23(2,3)29-13-16(15)20(26-22(17)30-19)28-10-7-8-11-28/h14H,5-13H2,1-4H3. The number of pyridine rings is 1. The van der Waals surface area contributed by atoms with Gasteiger partial charge >= 0.3 is 0 Å². The molecule has 7 heteroatoms. The van der Waals surface area contributed by atoms with Crippen LogP contribution in [0.2, 0.25) is 0 Å². The van der Waals surface area contributed by atoms with Crippen LogP contribution in [0.4, 0.5) is 11.6 Å². The quantitative estimate of drug-likeness (QED) is 0.578. The Morgan fingerprint density at radius 1 is 1.20 bits per heavy atom. The van der Waals surface area contributed by atoms with Crippen LogP contribution in [0.5, 0.6) is 0 Å². The number of hydrogen-bond acceptors (Lipinski definition) is 7. The lowest BCUT2D eigenvalue weighted by atomic mass is 9.90. The van der Waals surface area contributed by atoms with E-state index in [1.807, 2.05) is 0 Å². The number of unbranched alkanes of at least 4 members (excludes halogenated alkanes) is 1. The number of rotatable bonds is 5. The fraction of sp³-hybridized carbons (Fsp3) is 0.609. The molecule has 5 heterocycles. The zero-order chi connectivity index (χ0) is 20.9. The van der Waals surface area contributed by atoms with E-state index >= 15 is 0 Å². The van der Waals surface area contributed by atoms with Crippen molar-refractivity contribution < 1.29 is 4.74 Å². The maximum Gasteiger partial charge on any atom is 0.149 e. The van der Waals surface area contributed by atoms with Crippen LogP contribution in [0.1, 0.15) is 57.6 Å². The number of anilines is 2. The van der Waals surface area contributed by atoms with E-state index in [2.05, 4.69) is 42.6 Å². The molecule has 0 saturated carbocycles. The average Bonchev–Trinajstić information content (AvgIpc) is 3.38. The highest BCUT2D eigenvalue weighted by molar-refractivity contribution is 7.26. The summed E-state index contributed by atoms with van der Waals surface area (Å²) in [5.74, 6) is 2.16. The summed E-state index contributed by atoms with van der Waals surface area (Å²) in [4.78, 5) is 20.4. The van der Waals surface area contributed by atoms with Crippen molar-refractivity contribution in [2.75, 3.05) is 36.5 Å². The topological polar surface area (TPSA) is 54.4 Å². The molecule has 0 bridgehead atoms. The molecule has 3 aromatic heterocycles. The van der Waals surface area contributed by atoms with Gasteiger partial charge in [0.05, 0.1) is 22.4 Å². The molecular formula is C23H31N5OS. The molecule has 5 rings (SSSR count). The fourth-order valence-electron chi connectivity index (χ4n) is 4.74. The molecule has 2 aliphatic heterocycles. The molecule has 30 heavy (non-hydrogen) atoms. The van der Waals surface area contributed by atoms with E-state index in [4.69, 9.17) is 14.7 Å². The van der Waals surface area contributed by atoms with Gasteiger partial charge in [0, 0.05) is 44.1 Å². The molecule has 1 fully saturated rings. The lowest BCUT2D eigenvalue weighted by Crippen LogP contribution is -2.33. The Kier molecular flexibility index (Phi) is 5.06. The van der Waals surface area contributed by atoms with Crippen LogP contribution in [-0.2, 0) is 17.8 Å². The molecule has 0 spiro atoms. The third-order valence-corrected chi connectivity index (χ3v) is 7.47. The predicted molar refractivity (Wildman–Crippen MR) is 125 cm³/mol. The van der Waals surface area contributed by atoms with Crippen LogP contribution in [0, 0.1) is 0 Å². The van der Waals surface area contributed by atoms with Gasteiger partial charge in [0.15, 0.2) is 0 Å². The first-order chi connectivity index (χ1) is 14.5. The molecule has 0 radical (unpaired) electrons. The Morgan fingerprint density at radius 2 is 2.00 bits per heavy atom. The second-order valence-corrected chi connectivity index (χ2v) is 10.2. The lowest BCUT2D eigenvalue weighted by molar-refractivity contribution is -0.0395. The predicted octanol–water partition coefficient (Wildman–Crippen LogP) is 4.93. The Balaban J connectivity index is 1.74. The number of nitrogens with zero attached hydrogens (tertiary/aromatic N) is 5. The molecule has 0 unspecified atom stereocenters. The van der Waals surface area contributed by atoms with Crippen LogP contribution in [0.15, 0.2) is 6.33 Å². The van der Waals surface area contributed by atoms with E-state index in [-0.39, 0.29) is 5.60 Å². The van der Waals surface area contributed by atoms with E-state index in [0.717, 1.165) is 59.2 Å². The highest BCUT2D eigenvalue weighted by atomic mass is 32.1. The largest absolute Gasteiger partial charge is 0.370 e. The SMILES string of the molecule is CCCCN(C)c1ncnc2c1sc1nc(N3CCCC3)c3c(c12)CC(C)(C)OC3. The van der Waals surface area contributed by atoms with Crippen molar-refractivity contribution in [2.24, 2.45) is 0 Å². The summed E-state index contributed by atoms with van der Waals surface area (Å²) in [5.41, 5.74) is 3.52. The van der Waals surface area contributed by atoms with E-state index in [1.54, 1.807) is 17.7 Å². The summed E-state index contributed by atoms with van der Waals surface area (Å²) in [7, 11) is 2.14. The number of ether oxygens (including phenoxy) is 1. The zero-order valence-electron chi connectivity index (χ0n) is 18.5. The second kappa shape index (κ2) is 7.61. The smallest absolute Gasteiger partial charge is 0.149 e. The first-order valence-corrected chi connectivity index (χ1v) is 12.0. The third kappa shape index (κ3) is 3.32. The molecule has 1 saturated heterocycles. The minimum atomic E-state index is -0.175. The van der Waals surface area contributed by atoms with Crippen LogP contribution in [-0.4, -0.2) is 47.2 Å². The first-order valence-electron chi connectivity index (χ1n) is 11.2. The van der Waals surface area contributed by atoms with Gasteiger partial charge in [0.2, 0.25) is 0 Å². The van der Waals surface area contributed by atoms with E-state index in [1.165, 1.54) is 35.8 Å². The molecule has 0 N–H and O–H groups in total. The van der Waals surface area contributed by atoms with Crippen molar-refractivity contribution in [1.29, 1.82) is 0 Å². The third-order valence-electron chi connectivity index (χ3n) is 6.40. The van der Waals surface area contributed by atoms with Crippen LogP contribution in [0.25, 0.3) is 20.4 Å². The van der Waals surface area contributed by atoms with Gasteiger partial charge in [-0.15, -0.1) is 11.3 Å². The number of hydrogen-bond donors (Lipinski definition) is 0. The Labute approximate surface area is 182 Å². The van der Waals surface area contributed by atoms with Gasteiger partial charge in [-0.05, 0) is 38.7 Å². The van der Waals surface area contributed by atoms with E-state index < -0.39 is 0 Å². The molecule has 160 valence electrons. The number of thiophene rings is 1. The molecule has 0 aromatic carbocycles. The average molecular weight is 426 g/mol. The highest BCUT2D eigenvalue weighted by Crippen LogP contribution is 2.44. The summed E-state index contributed by atoms with van der Waals surface area (Å²) < 4.78 is 7.39. The number of aromatic nitrogens is 3. The molecule has 6 nitrogen and oxygen atoms in total. The molecule has 0 aliphatic carbocycles. The summed E-state index contributed by atoms with van der Waals surface area (Å²) in [6.07, 6.45) is 7.42. The van der Waals surface area contributed by atoms with E-state index in [9.17, 15) is 0 Å².